The van der Waals surface area contributed by atoms with Gasteiger partial charge in [-0.2, -0.15) is 5.10 Å². The Balaban J connectivity index is 1.51. The number of aromatic nitrogens is 5. The van der Waals surface area contributed by atoms with E-state index in [-0.39, 0.29) is 0 Å². The van der Waals surface area contributed by atoms with E-state index < -0.39 is 16.4 Å². The van der Waals surface area contributed by atoms with Crippen molar-refractivity contribution in [2.24, 2.45) is 7.05 Å². The quantitative estimate of drug-likeness (QED) is 0.337. The van der Waals surface area contributed by atoms with Crippen molar-refractivity contribution in [1.82, 2.24) is 29.0 Å². The molecule has 5 aromatic rings. The second-order valence-electron chi connectivity index (χ2n) is 8.75. The minimum Gasteiger partial charge on any atom is -0.283 e. The topological polar surface area (TPSA) is 94.7 Å². The van der Waals surface area contributed by atoms with Crippen LogP contribution in [-0.4, -0.2) is 32.7 Å². The van der Waals surface area contributed by atoms with Gasteiger partial charge in [0.1, 0.15) is 12.1 Å². The van der Waals surface area contributed by atoms with Crippen LogP contribution in [0, 0.1) is 0 Å². The van der Waals surface area contributed by atoms with Crippen molar-refractivity contribution in [2.75, 3.05) is 0 Å². The highest BCUT2D eigenvalue weighted by atomic mass is 35.5. The maximum atomic E-state index is 11.5. The van der Waals surface area contributed by atoms with Crippen LogP contribution in [0.25, 0.3) is 39.1 Å². The molecule has 1 saturated carbocycles. The summed E-state index contributed by atoms with van der Waals surface area (Å²) in [6.07, 6.45) is 6.90. The Morgan fingerprint density at radius 3 is 2.57 bits per heavy atom. The second-order valence-corrected chi connectivity index (χ2v) is 9.90. The number of benzene rings is 2. The van der Waals surface area contributed by atoms with Crippen molar-refractivity contribution in [3.05, 3.63) is 84.0 Å². The van der Waals surface area contributed by atoms with Crippen molar-refractivity contribution < 1.29 is 8.42 Å². The van der Waals surface area contributed by atoms with Crippen LogP contribution in [0.3, 0.4) is 0 Å². The number of thiol groups is 1. The Labute approximate surface area is 208 Å². The normalized spacial score (nSPS) is 14.6. The minimum atomic E-state index is -2.77. The average molecular weight is 505 g/mol. The molecule has 0 saturated heterocycles. The number of pyridine rings is 1. The van der Waals surface area contributed by atoms with Gasteiger partial charge in [-0.05, 0) is 54.3 Å². The molecule has 10 heteroatoms. The Hall–Kier alpha value is -3.53. The molecule has 8 nitrogen and oxygen atoms in total. The molecule has 3 heterocycles. The standard InChI is InChI=1S/C25H21ClN6O2S/c1-31-14-18(13-28-31)16-6-7-22-21(10-16)27-15-32(22)24-12-17(19-4-2-3-5-20(19)26)11-23(29-24)25(8-9-25)30-35(33)34/h2-7,10-15,35H,8-9H2,1H3,(H,30,33,34). The average Bonchev–Trinajstić information content (AvgIpc) is 3.29. The van der Waals surface area contributed by atoms with E-state index in [1.807, 2.05) is 78.6 Å². The molecule has 6 rings (SSSR count). The van der Waals surface area contributed by atoms with Gasteiger partial charge < -0.3 is 0 Å². The molecule has 1 aliphatic rings. The zero-order valence-corrected chi connectivity index (χ0v) is 20.4. The fourth-order valence-electron chi connectivity index (χ4n) is 4.41. The number of hydrogen-bond acceptors (Lipinski definition) is 5. The third kappa shape index (κ3) is 4.01. The lowest BCUT2D eigenvalue weighted by molar-refractivity contribution is 0.564. The molecule has 2 aromatic carbocycles. The zero-order chi connectivity index (χ0) is 24.2. The number of rotatable bonds is 6. The van der Waals surface area contributed by atoms with E-state index >= 15 is 0 Å². The SMILES string of the molecule is Cn1cc(-c2ccc3c(c2)ncn3-c2cc(-c3ccccc3Cl)cc(C3(N[SH](=O)=O)CC3)n2)cn1. The third-order valence-electron chi connectivity index (χ3n) is 6.37. The van der Waals surface area contributed by atoms with Crippen LogP contribution >= 0.6 is 11.6 Å². The molecule has 0 amide bonds. The number of nitrogens with one attached hydrogen (secondary N) is 1. The molecular formula is C25H21ClN6O2S. The van der Waals surface area contributed by atoms with Gasteiger partial charge in [-0.25, -0.2) is 23.1 Å². The first-order valence-corrected chi connectivity index (χ1v) is 12.6. The number of halogens is 1. The lowest BCUT2D eigenvalue weighted by atomic mass is 10.0. The monoisotopic (exact) mass is 504 g/mol. The van der Waals surface area contributed by atoms with E-state index in [4.69, 9.17) is 16.6 Å². The van der Waals surface area contributed by atoms with E-state index in [0.29, 0.717) is 29.4 Å². The van der Waals surface area contributed by atoms with Gasteiger partial charge in [0.05, 0.1) is 28.5 Å². The van der Waals surface area contributed by atoms with Gasteiger partial charge in [0.2, 0.25) is 10.9 Å². The Kier molecular flexibility index (Phi) is 5.21. The third-order valence-corrected chi connectivity index (χ3v) is 7.31. The van der Waals surface area contributed by atoms with Gasteiger partial charge in [0.25, 0.3) is 0 Å². The summed E-state index contributed by atoms with van der Waals surface area (Å²) in [6, 6.07) is 17.5. The summed E-state index contributed by atoms with van der Waals surface area (Å²) >= 11 is 6.52. The van der Waals surface area contributed by atoms with Gasteiger partial charge >= 0.3 is 0 Å². The van der Waals surface area contributed by atoms with Crippen LogP contribution in [-0.2, 0) is 23.5 Å². The van der Waals surface area contributed by atoms with Crippen LogP contribution in [0.1, 0.15) is 18.5 Å². The molecule has 176 valence electrons. The summed E-state index contributed by atoms with van der Waals surface area (Å²) in [5.74, 6) is 0.642. The highest BCUT2D eigenvalue weighted by Crippen LogP contribution is 2.46. The summed E-state index contributed by atoms with van der Waals surface area (Å²) < 4.78 is 29.4. The fraction of sp³-hybridized carbons (Fsp3) is 0.160. The van der Waals surface area contributed by atoms with Crippen LogP contribution in [0.5, 0.6) is 0 Å². The first-order valence-electron chi connectivity index (χ1n) is 11.1. The van der Waals surface area contributed by atoms with Crippen molar-refractivity contribution in [3.63, 3.8) is 0 Å². The predicted molar refractivity (Wildman–Crippen MR) is 136 cm³/mol. The largest absolute Gasteiger partial charge is 0.283 e. The molecule has 0 aliphatic heterocycles. The van der Waals surface area contributed by atoms with Crippen molar-refractivity contribution in [3.8, 4) is 28.1 Å². The molecule has 3 aromatic heterocycles. The first kappa shape index (κ1) is 22.0. The molecule has 1 fully saturated rings. The summed E-state index contributed by atoms with van der Waals surface area (Å²) in [5, 5.41) is 4.86. The number of nitrogens with zero attached hydrogens (tertiary/aromatic N) is 5. The molecule has 35 heavy (non-hydrogen) atoms. The van der Waals surface area contributed by atoms with Crippen molar-refractivity contribution in [2.45, 2.75) is 18.4 Å². The molecule has 1 N–H and O–H groups in total. The molecule has 0 spiro atoms. The van der Waals surface area contributed by atoms with E-state index in [1.54, 1.807) is 11.0 Å². The van der Waals surface area contributed by atoms with Crippen molar-refractivity contribution >= 4 is 33.5 Å². The number of imidazole rings is 1. The summed E-state index contributed by atoms with van der Waals surface area (Å²) in [5.41, 5.74) is 5.43. The molecule has 0 bridgehead atoms. The Bertz CT molecular complexity index is 1660. The molecule has 1 aliphatic carbocycles. The highest BCUT2D eigenvalue weighted by molar-refractivity contribution is 7.70. The Morgan fingerprint density at radius 1 is 1.03 bits per heavy atom. The minimum absolute atomic E-state index is 0.611. The molecule has 0 atom stereocenters. The molecule has 0 radical (unpaired) electrons. The van der Waals surface area contributed by atoms with E-state index in [9.17, 15) is 8.42 Å². The summed E-state index contributed by atoms with van der Waals surface area (Å²) in [7, 11) is -0.883. The zero-order valence-electron chi connectivity index (χ0n) is 18.7. The molecular weight excluding hydrogens is 484 g/mol. The van der Waals surface area contributed by atoms with Crippen LogP contribution < -0.4 is 4.72 Å². The van der Waals surface area contributed by atoms with Crippen LogP contribution in [0.15, 0.2) is 73.3 Å². The predicted octanol–water partition coefficient (Wildman–Crippen LogP) is 4.25. The van der Waals surface area contributed by atoms with Gasteiger partial charge in [0, 0.05) is 29.4 Å². The van der Waals surface area contributed by atoms with Crippen LogP contribution in [0.4, 0.5) is 0 Å². The Morgan fingerprint density at radius 2 is 1.86 bits per heavy atom. The number of aryl methyl sites for hydroxylation is 1. The highest BCUT2D eigenvalue weighted by Gasteiger charge is 2.47. The van der Waals surface area contributed by atoms with E-state index in [1.165, 1.54) is 0 Å². The van der Waals surface area contributed by atoms with Crippen molar-refractivity contribution in [1.29, 1.82) is 0 Å². The first-order chi connectivity index (χ1) is 16.9. The summed E-state index contributed by atoms with van der Waals surface area (Å²) in [6.45, 7) is 0. The number of fused-ring (bicyclic) bond motifs is 1. The smallest absolute Gasteiger partial charge is 0.202 e. The maximum absolute atomic E-state index is 11.5. The van der Waals surface area contributed by atoms with Gasteiger partial charge in [-0.3, -0.25) is 9.25 Å². The maximum Gasteiger partial charge on any atom is 0.202 e. The van der Waals surface area contributed by atoms with E-state index in [2.05, 4.69) is 14.8 Å². The summed E-state index contributed by atoms with van der Waals surface area (Å²) in [4.78, 5) is 9.51. The van der Waals surface area contributed by atoms with Gasteiger partial charge in [0.15, 0.2) is 0 Å². The second kappa shape index (κ2) is 8.30. The fourth-order valence-corrected chi connectivity index (χ4v) is 5.34. The van der Waals surface area contributed by atoms with Gasteiger partial charge in [-0.15, -0.1) is 0 Å². The molecule has 0 unspecified atom stereocenters. The van der Waals surface area contributed by atoms with Gasteiger partial charge in [-0.1, -0.05) is 35.9 Å². The lowest BCUT2D eigenvalue weighted by Crippen LogP contribution is -2.28. The number of hydrogen-bond donors (Lipinski definition) is 2. The van der Waals surface area contributed by atoms with Crippen LogP contribution in [0.2, 0.25) is 5.02 Å². The lowest BCUT2D eigenvalue weighted by Gasteiger charge is -2.17. The van der Waals surface area contributed by atoms with E-state index in [0.717, 1.165) is 33.3 Å².